The second-order valence-electron chi connectivity index (χ2n) is 17.0. The number of nitrogens with one attached hydrogen (secondary N) is 1. The molecule has 3 saturated carbocycles. The largest absolute Gasteiger partial charge is 0.495 e. The average Bonchev–Trinajstić information content (AvgIpc) is 3.84. The second-order valence-corrected chi connectivity index (χ2v) is 18.2. The molecule has 5 aliphatic rings. The number of aromatic nitrogens is 5. The summed E-state index contributed by atoms with van der Waals surface area (Å²) in [4.78, 5) is 22.0. The van der Waals surface area contributed by atoms with Crippen molar-refractivity contribution in [2.45, 2.75) is 89.8 Å². The van der Waals surface area contributed by atoms with E-state index in [1.54, 1.807) is 42.7 Å². The van der Waals surface area contributed by atoms with Crippen LogP contribution in [0, 0.1) is 55.3 Å². The van der Waals surface area contributed by atoms with Gasteiger partial charge in [0.1, 0.15) is 33.9 Å². The Labute approximate surface area is 347 Å². The lowest BCUT2D eigenvalue weighted by Crippen LogP contribution is -2.62. The Bertz CT molecular complexity index is 2600. The zero-order valence-electron chi connectivity index (χ0n) is 33.7. The van der Waals surface area contributed by atoms with E-state index in [1.165, 1.54) is 21.0 Å². The first-order chi connectivity index (χ1) is 28.6. The zero-order chi connectivity index (χ0) is 40.5. The monoisotopic (exact) mass is 803 g/mol. The summed E-state index contributed by atoms with van der Waals surface area (Å²) in [5.41, 5.74) is 6.44. The highest BCUT2D eigenvalue weighted by Gasteiger charge is 2.53. The predicted octanol–water partition coefficient (Wildman–Crippen LogP) is 7.15. The highest BCUT2D eigenvalue weighted by molar-refractivity contribution is 7.15. The Hall–Kier alpha value is -6.05. The summed E-state index contributed by atoms with van der Waals surface area (Å²) in [5, 5.41) is 31.3. The second kappa shape index (κ2) is 14.3. The lowest BCUT2D eigenvalue weighted by atomic mass is 9.58. The van der Waals surface area contributed by atoms with Crippen LogP contribution in [0.25, 0.3) is 5.00 Å². The van der Waals surface area contributed by atoms with Crippen LogP contribution in [0.3, 0.4) is 0 Å². The molecule has 3 aromatic heterocycles. The van der Waals surface area contributed by atoms with Crippen molar-refractivity contribution >= 4 is 28.8 Å². The maximum atomic E-state index is 13.0. The van der Waals surface area contributed by atoms with Crippen molar-refractivity contribution in [2.75, 3.05) is 25.1 Å². The van der Waals surface area contributed by atoms with Gasteiger partial charge in [-0.1, -0.05) is 24.0 Å². The lowest BCUT2D eigenvalue weighted by Gasteiger charge is -2.58. The summed E-state index contributed by atoms with van der Waals surface area (Å²) < 4.78 is 13.7. The fourth-order valence-electron chi connectivity index (χ4n) is 9.33. The van der Waals surface area contributed by atoms with Gasteiger partial charge in [0.15, 0.2) is 17.3 Å². The number of aliphatic imine (C=N–C) groups is 1. The molecule has 12 nitrogen and oxygen atoms in total. The number of carbonyl (C=O) groups is 1. The van der Waals surface area contributed by atoms with Crippen molar-refractivity contribution in [1.29, 1.82) is 5.26 Å². The number of aryl methyl sites for hydroxylation is 2. The Morgan fingerprint density at radius 2 is 1.73 bits per heavy atom. The Morgan fingerprint density at radius 3 is 2.42 bits per heavy atom. The summed E-state index contributed by atoms with van der Waals surface area (Å²) in [6.45, 7) is 8.28. The molecule has 4 fully saturated rings. The minimum Gasteiger partial charge on any atom is -0.495 e. The van der Waals surface area contributed by atoms with Crippen LogP contribution in [-0.2, 0) is 5.54 Å². The van der Waals surface area contributed by atoms with Crippen LogP contribution in [0.5, 0.6) is 11.5 Å². The molecule has 5 aromatic rings. The standard InChI is InChI=1S/C46H45N9O3S/c1-27-28(2)59-43-40(27)41(49-46(19-20-46)44-53-50-29(3)55(43)44)32-9-7-30(8-10-32)5-6-31-22-45(23-31)25-54(26-45)39-18-17-37(51-52-39)42(56)48-34-12-15-35(16-13-34)58-36-14-11-33(24-47)38(21-36)57-4/h7-11,14,17-18,21,31,34-35H,12-13,15-16,19-20,22-23,25-26H2,1-4H3,(H,48,56). The first-order valence-electron chi connectivity index (χ1n) is 20.5. The highest BCUT2D eigenvalue weighted by Crippen LogP contribution is 2.54. The molecule has 2 spiro atoms. The SMILES string of the molecule is COc1cc(OC2CCC(NC(=O)c3ccc(N4CC5(CC(C#Cc6ccc(C7=NC8(CC8)c8nnc(C)n8-c8sc(C)c(C)c87)cc6)C5)C4)nn3)CC2)ccc1C#N. The predicted molar refractivity (Wildman–Crippen MR) is 225 cm³/mol. The van der Waals surface area contributed by atoms with E-state index < -0.39 is 0 Å². The van der Waals surface area contributed by atoms with E-state index in [4.69, 9.17) is 14.5 Å². The van der Waals surface area contributed by atoms with Crippen LogP contribution in [0.2, 0.25) is 0 Å². The topological polar surface area (TPSA) is 143 Å². The number of anilines is 1. The zero-order valence-corrected chi connectivity index (χ0v) is 34.5. The third-order valence-electron chi connectivity index (χ3n) is 12.9. The van der Waals surface area contributed by atoms with Crippen LogP contribution in [0.4, 0.5) is 5.82 Å². The molecule has 2 aliphatic heterocycles. The number of carbonyl (C=O) groups excluding carboxylic acids is 1. The van der Waals surface area contributed by atoms with Gasteiger partial charge in [0.05, 0.1) is 24.5 Å². The number of methoxy groups -OCH3 is 1. The van der Waals surface area contributed by atoms with Gasteiger partial charge in [-0.25, -0.2) is 0 Å². The highest BCUT2D eigenvalue weighted by atomic mass is 32.1. The van der Waals surface area contributed by atoms with Crippen LogP contribution >= 0.6 is 11.3 Å². The molecular formula is C46H45N9O3S. The molecule has 1 saturated heterocycles. The number of thiophene rings is 1. The number of fused-ring (bicyclic) bond motifs is 4. The van der Waals surface area contributed by atoms with E-state index in [1.807, 2.05) is 13.0 Å². The van der Waals surface area contributed by atoms with Gasteiger partial charge in [-0.15, -0.1) is 31.7 Å². The molecule has 3 aliphatic carbocycles. The molecule has 1 N–H and O–H groups in total. The number of amides is 1. The fraction of sp³-hybridized carbons (Fsp3) is 0.413. The molecule has 2 aromatic carbocycles. The quantitative estimate of drug-likeness (QED) is 0.170. The number of nitriles is 1. The molecule has 298 valence electrons. The maximum Gasteiger partial charge on any atom is 0.272 e. The molecule has 0 atom stereocenters. The van der Waals surface area contributed by atoms with Crippen LogP contribution in [-0.4, -0.2) is 68.9 Å². The maximum absolute atomic E-state index is 13.0. The third kappa shape index (κ3) is 6.71. The van der Waals surface area contributed by atoms with Gasteiger partial charge >= 0.3 is 0 Å². The summed E-state index contributed by atoms with van der Waals surface area (Å²) in [6.07, 6.45) is 7.43. The average molecular weight is 804 g/mol. The number of hydrogen-bond donors (Lipinski definition) is 1. The lowest BCUT2D eigenvalue weighted by molar-refractivity contribution is 0.0520. The van der Waals surface area contributed by atoms with Crippen molar-refractivity contribution in [2.24, 2.45) is 16.3 Å². The normalized spacial score (nSPS) is 20.7. The summed E-state index contributed by atoms with van der Waals surface area (Å²) in [7, 11) is 1.54. The summed E-state index contributed by atoms with van der Waals surface area (Å²) >= 11 is 1.80. The fourth-order valence-corrected chi connectivity index (χ4v) is 10.5. The molecule has 5 heterocycles. The Balaban J connectivity index is 0.702. The summed E-state index contributed by atoms with van der Waals surface area (Å²) in [5.74, 6) is 11.1. The van der Waals surface area contributed by atoms with Gasteiger partial charge in [-0.3, -0.25) is 14.4 Å². The minimum atomic E-state index is -0.289. The molecule has 1 amide bonds. The molecule has 10 rings (SSSR count). The van der Waals surface area contributed by atoms with Crippen LogP contribution < -0.4 is 19.7 Å². The number of ether oxygens (including phenoxy) is 2. The smallest absolute Gasteiger partial charge is 0.272 e. The van der Waals surface area contributed by atoms with E-state index in [2.05, 4.69) is 91.2 Å². The minimum absolute atomic E-state index is 0.0406. The van der Waals surface area contributed by atoms with Gasteiger partial charge in [0, 0.05) is 58.1 Å². The van der Waals surface area contributed by atoms with E-state index in [0.29, 0.717) is 28.7 Å². The molecule has 13 heteroatoms. The Morgan fingerprint density at radius 1 is 0.949 bits per heavy atom. The van der Waals surface area contributed by atoms with Gasteiger partial charge in [-0.2, -0.15) is 5.26 Å². The van der Waals surface area contributed by atoms with Crippen molar-refractivity contribution < 1.29 is 14.3 Å². The van der Waals surface area contributed by atoms with Gasteiger partial charge in [0.2, 0.25) is 0 Å². The Kier molecular flexibility index (Phi) is 9.05. The van der Waals surface area contributed by atoms with Crippen LogP contribution in [0.15, 0.2) is 59.6 Å². The molecule has 0 unspecified atom stereocenters. The van der Waals surface area contributed by atoms with Gasteiger partial charge in [0.25, 0.3) is 5.91 Å². The van der Waals surface area contributed by atoms with Gasteiger partial charge in [-0.05, 0) is 114 Å². The van der Waals surface area contributed by atoms with Crippen molar-refractivity contribution in [3.8, 4) is 34.4 Å². The molecular weight excluding hydrogens is 759 g/mol. The molecule has 59 heavy (non-hydrogen) atoms. The van der Waals surface area contributed by atoms with E-state index in [0.717, 1.165) is 98.8 Å². The summed E-state index contributed by atoms with van der Waals surface area (Å²) in [6, 6.07) is 19.7. The number of hydrogen-bond acceptors (Lipinski definition) is 11. The van der Waals surface area contributed by atoms with E-state index in [9.17, 15) is 10.1 Å². The van der Waals surface area contributed by atoms with Crippen molar-refractivity contribution in [1.82, 2.24) is 30.3 Å². The van der Waals surface area contributed by atoms with E-state index in [-0.39, 0.29) is 29.0 Å². The van der Waals surface area contributed by atoms with E-state index >= 15 is 0 Å². The van der Waals surface area contributed by atoms with Gasteiger partial charge < -0.3 is 19.7 Å². The number of benzene rings is 2. The molecule has 0 bridgehead atoms. The van der Waals surface area contributed by atoms with Crippen LogP contribution in [0.1, 0.15) is 106 Å². The first-order valence-corrected chi connectivity index (χ1v) is 21.3. The van der Waals surface area contributed by atoms with Crippen molar-refractivity contribution in [3.05, 3.63) is 105 Å². The first kappa shape index (κ1) is 37.2. The number of nitrogens with zero attached hydrogens (tertiary/aromatic N) is 8. The van der Waals surface area contributed by atoms with Crippen molar-refractivity contribution in [3.63, 3.8) is 0 Å². The number of rotatable bonds is 7. The third-order valence-corrected chi connectivity index (χ3v) is 14.1. The molecule has 0 radical (unpaired) electrons.